The van der Waals surface area contributed by atoms with E-state index in [0.29, 0.717) is 5.78 Å². The number of rotatable bonds is 4. The van der Waals surface area contributed by atoms with Crippen LogP contribution in [0.2, 0.25) is 0 Å². The van der Waals surface area contributed by atoms with Gasteiger partial charge in [0, 0.05) is 24.6 Å². The van der Waals surface area contributed by atoms with Gasteiger partial charge >= 0.3 is 0 Å². The quantitative estimate of drug-likeness (QED) is 0.869. The zero-order valence-corrected chi connectivity index (χ0v) is 10.2. The number of anilines is 1. The molecule has 3 heteroatoms. The van der Waals surface area contributed by atoms with Crippen LogP contribution in [0.4, 0.5) is 5.69 Å². The third-order valence-electron chi connectivity index (χ3n) is 3.32. The number of hydrogen-bond donors (Lipinski definition) is 1. The summed E-state index contributed by atoms with van der Waals surface area (Å²) in [4.78, 5) is 11.7. The summed E-state index contributed by atoms with van der Waals surface area (Å²) >= 11 is 0. The van der Waals surface area contributed by atoms with E-state index in [2.05, 4.69) is 5.32 Å². The Morgan fingerprint density at radius 2 is 2.06 bits per heavy atom. The fraction of sp³-hybridized carbons (Fsp3) is 0.500. The van der Waals surface area contributed by atoms with Crippen LogP contribution in [-0.2, 0) is 4.79 Å². The zero-order valence-electron chi connectivity index (χ0n) is 10.2. The molecule has 0 aromatic heterocycles. The highest BCUT2D eigenvalue weighted by Gasteiger charge is 2.21. The molecule has 0 saturated heterocycles. The predicted molar refractivity (Wildman–Crippen MR) is 68.4 cm³/mol. The van der Waals surface area contributed by atoms with Crippen molar-refractivity contribution in [2.24, 2.45) is 5.92 Å². The second-order valence-corrected chi connectivity index (χ2v) is 4.52. The molecule has 1 unspecified atom stereocenters. The molecule has 0 radical (unpaired) electrons. The van der Waals surface area contributed by atoms with Gasteiger partial charge in [-0.15, -0.1) is 0 Å². The summed E-state index contributed by atoms with van der Waals surface area (Å²) in [6, 6.07) is 7.80. The Morgan fingerprint density at radius 3 is 2.71 bits per heavy atom. The summed E-state index contributed by atoms with van der Waals surface area (Å²) < 4.78 is 5.10. The summed E-state index contributed by atoms with van der Waals surface area (Å²) in [7, 11) is 1.66. The lowest BCUT2D eigenvalue weighted by atomic mass is 9.88. The Balaban J connectivity index is 1.86. The maximum Gasteiger partial charge on any atom is 0.137 e. The zero-order chi connectivity index (χ0) is 12.1. The topological polar surface area (TPSA) is 38.3 Å². The monoisotopic (exact) mass is 233 g/mol. The SMILES string of the molecule is COc1ccc(NCC2CCCCC2=O)cc1. The van der Waals surface area contributed by atoms with Gasteiger partial charge in [-0.05, 0) is 37.1 Å². The van der Waals surface area contributed by atoms with Crippen LogP contribution >= 0.6 is 0 Å². The third-order valence-corrected chi connectivity index (χ3v) is 3.32. The van der Waals surface area contributed by atoms with E-state index in [1.54, 1.807) is 7.11 Å². The number of Topliss-reactive ketones (excluding diaryl/α,β-unsaturated/α-hetero) is 1. The Morgan fingerprint density at radius 1 is 1.29 bits per heavy atom. The van der Waals surface area contributed by atoms with Crippen LogP contribution < -0.4 is 10.1 Å². The third kappa shape index (κ3) is 3.22. The van der Waals surface area contributed by atoms with Gasteiger partial charge in [0.15, 0.2) is 0 Å². The first kappa shape index (κ1) is 12.0. The van der Waals surface area contributed by atoms with Crippen molar-refractivity contribution in [2.75, 3.05) is 19.0 Å². The summed E-state index contributed by atoms with van der Waals surface area (Å²) in [5.41, 5.74) is 1.05. The first-order valence-corrected chi connectivity index (χ1v) is 6.20. The van der Waals surface area contributed by atoms with Crippen molar-refractivity contribution in [1.82, 2.24) is 0 Å². The number of nitrogens with one attached hydrogen (secondary N) is 1. The van der Waals surface area contributed by atoms with E-state index in [0.717, 1.165) is 37.2 Å². The van der Waals surface area contributed by atoms with Crippen molar-refractivity contribution in [2.45, 2.75) is 25.7 Å². The van der Waals surface area contributed by atoms with Crippen molar-refractivity contribution < 1.29 is 9.53 Å². The lowest BCUT2D eigenvalue weighted by Crippen LogP contribution is -2.26. The molecule has 1 N–H and O–H groups in total. The molecule has 92 valence electrons. The van der Waals surface area contributed by atoms with Gasteiger partial charge in [-0.25, -0.2) is 0 Å². The molecule has 1 aromatic rings. The number of carbonyl (C=O) groups is 1. The summed E-state index contributed by atoms with van der Waals surface area (Å²) in [5.74, 6) is 1.47. The van der Waals surface area contributed by atoms with E-state index < -0.39 is 0 Å². The number of ketones is 1. The lowest BCUT2D eigenvalue weighted by Gasteiger charge is -2.21. The van der Waals surface area contributed by atoms with Crippen molar-refractivity contribution in [3.05, 3.63) is 24.3 Å². The number of hydrogen-bond acceptors (Lipinski definition) is 3. The van der Waals surface area contributed by atoms with Gasteiger partial charge in [0.25, 0.3) is 0 Å². The van der Waals surface area contributed by atoms with Crippen LogP contribution in [-0.4, -0.2) is 19.4 Å². The van der Waals surface area contributed by atoms with Gasteiger partial charge in [-0.3, -0.25) is 4.79 Å². The molecular weight excluding hydrogens is 214 g/mol. The van der Waals surface area contributed by atoms with Gasteiger partial charge in [-0.1, -0.05) is 6.42 Å². The van der Waals surface area contributed by atoms with Crippen molar-refractivity contribution >= 4 is 11.5 Å². The smallest absolute Gasteiger partial charge is 0.137 e. The normalized spacial score (nSPS) is 20.1. The molecule has 0 heterocycles. The molecule has 0 aliphatic heterocycles. The molecule has 1 aliphatic rings. The van der Waals surface area contributed by atoms with E-state index >= 15 is 0 Å². The average molecular weight is 233 g/mol. The number of carbonyl (C=O) groups excluding carboxylic acids is 1. The Bertz CT molecular complexity index is 372. The highest BCUT2D eigenvalue weighted by molar-refractivity contribution is 5.82. The van der Waals surface area contributed by atoms with Gasteiger partial charge in [0.1, 0.15) is 11.5 Å². The second-order valence-electron chi connectivity index (χ2n) is 4.52. The van der Waals surface area contributed by atoms with E-state index in [-0.39, 0.29) is 5.92 Å². The molecule has 0 bridgehead atoms. The molecule has 1 fully saturated rings. The highest BCUT2D eigenvalue weighted by atomic mass is 16.5. The lowest BCUT2D eigenvalue weighted by molar-refractivity contribution is -0.124. The molecule has 1 atom stereocenters. The van der Waals surface area contributed by atoms with Crippen LogP contribution in [0, 0.1) is 5.92 Å². The molecule has 17 heavy (non-hydrogen) atoms. The van der Waals surface area contributed by atoms with Crippen molar-refractivity contribution in [3.63, 3.8) is 0 Å². The van der Waals surface area contributed by atoms with Gasteiger partial charge in [0.05, 0.1) is 7.11 Å². The number of ether oxygens (including phenoxy) is 1. The summed E-state index contributed by atoms with van der Waals surface area (Å²) in [6.45, 7) is 0.755. The number of benzene rings is 1. The molecule has 1 aliphatic carbocycles. The standard InChI is InChI=1S/C14H19NO2/c1-17-13-8-6-12(7-9-13)15-10-11-4-2-3-5-14(11)16/h6-9,11,15H,2-5,10H2,1H3. The fourth-order valence-corrected chi connectivity index (χ4v) is 2.22. The van der Waals surface area contributed by atoms with E-state index in [4.69, 9.17) is 4.74 Å². The minimum atomic E-state index is 0.200. The Hall–Kier alpha value is -1.51. The summed E-state index contributed by atoms with van der Waals surface area (Å²) in [5, 5.41) is 3.32. The molecule has 0 spiro atoms. The van der Waals surface area contributed by atoms with Gasteiger partial charge in [-0.2, -0.15) is 0 Å². The largest absolute Gasteiger partial charge is 0.497 e. The molecular formula is C14H19NO2. The van der Waals surface area contributed by atoms with Gasteiger partial charge < -0.3 is 10.1 Å². The molecule has 2 rings (SSSR count). The second kappa shape index (κ2) is 5.71. The molecule has 1 aromatic carbocycles. The van der Waals surface area contributed by atoms with E-state index in [1.807, 2.05) is 24.3 Å². The minimum Gasteiger partial charge on any atom is -0.497 e. The highest BCUT2D eigenvalue weighted by Crippen LogP contribution is 2.22. The maximum absolute atomic E-state index is 11.7. The first-order chi connectivity index (χ1) is 8.29. The molecule has 1 saturated carbocycles. The van der Waals surface area contributed by atoms with Crippen LogP contribution in [0.5, 0.6) is 5.75 Å². The average Bonchev–Trinajstić information content (AvgIpc) is 2.38. The van der Waals surface area contributed by atoms with Gasteiger partial charge in [0.2, 0.25) is 0 Å². The van der Waals surface area contributed by atoms with Crippen LogP contribution in [0.25, 0.3) is 0 Å². The van der Waals surface area contributed by atoms with Crippen molar-refractivity contribution in [1.29, 1.82) is 0 Å². The van der Waals surface area contributed by atoms with Crippen LogP contribution in [0.1, 0.15) is 25.7 Å². The first-order valence-electron chi connectivity index (χ1n) is 6.20. The van der Waals surface area contributed by atoms with Crippen LogP contribution in [0.3, 0.4) is 0 Å². The summed E-state index contributed by atoms with van der Waals surface area (Å²) in [6.07, 6.45) is 4.04. The van der Waals surface area contributed by atoms with E-state index in [9.17, 15) is 4.79 Å². The maximum atomic E-state index is 11.7. The van der Waals surface area contributed by atoms with Crippen molar-refractivity contribution in [3.8, 4) is 5.75 Å². The number of methoxy groups -OCH3 is 1. The molecule has 3 nitrogen and oxygen atoms in total. The van der Waals surface area contributed by atoms with Crippen LogP contribution in [0.15, 0.2) is 24.3 Å². The predicted octanol–water partition coefficient (Wildman–Crippen LogP) is 2.87. The Labute approximate surface area is 102 Å². The molecule has 0 amide bonds. The fourth-order valence-electron chi connectivity index (χ4n) is 2.22. The van der Waals surface area contributed by atoms with E-state index in [1.165, 1.54) is 6.42 Å². The Kier molecular flexibility index (Phi) is 4.02. The minimum absolute atomic E-state index is 0.200.